The van der Waals surface area contributed by atoms with E-state index in [1.54, 1.807) is 50.2 Å². The van der Waals surface area contributed by atoms with Crippen molar-refractivity contribution in [1.82, 2.24) is 41.7 Å². The van der Waals surface area contributed by atoms with E-state index in [2.05, 4.69) is 60.0 Å². The fourth-order valence-corrected chi connectivity index (χ4v) is 10.3. The van der Waals surface area contributed by atoms with E-state index < -0.39 is 108 Å². The molecule has 84 heavy (non-hydrogen) atoms. The van der Waals surface area contributed by atoms with Crippen LogP contribution in [0.25, 0.3) is 22.3 Å². The minimum atomic E-state index is -1.62. The lowest BCUT2D eigenvalue weighted by Gasteiger charge is -2.32. The van der Waals surface area contributed by atoms with Gasteiger partial charge in [0.1, 0.15) is 41.7 Å². The number of ether oxygens (including phenoxy) is 1. The second-order valence-electron chi connectivity index (χ2n) is 23.2. The normalized spacial score (nSPS) is 19.5. The molecular weight excluding hydrogens is 1070 g/mol. The zero-order valence-electron chi connectivity index (χ0n) is 49.8. The number of aromatic hydroxyl groups is 1. The number of aliphatic hydroxyl groups excluding tert-OH is 3. The molecule has 0 aromatic heterocycles. The molecule has 0 saturated carbocycles. The lowest BCUT2D eigenvalue weighted by Crippen LogP contribution is -2.61. The first-order valence-corrected chi connectivity index (χ1v) is 29.4. The fourth-order valence-electron chi connectivity index (χ4n) is 10.3. The Labute approximate surface area is 493 Å². The average Bonchev–Trinajstić information content (AvgIpc) is 3.22. The van der Waals surface area contributed by atoms with Gasteiger partial charge in [-0.05, 0) is 103 Å². The summed E-state index contributed by atoms with van der Waals surface area (Å²) in [6.07, 6.45) is -0.514. The number of hydrogen-bond acceptors (Lipinski definition) is 13. The lowest BCUT2D eigenvalue weighted by molar-refractivity contribution is -0.869. The number of carbonyl (C=O) groups is 7. The minimum absolute atomic E-state index is 0.0170. The van der Waals surface area contributed by atoms with Crippen LogP contribution in [-0.2, 0) is 35.2 Å². The molecule has 7 amide bonds. The number of phenolic OH excluding ortho intramolecular Hbond substituents is 1. The number of likely N-dealkylation sites (N-methyl/N-ethyl adjacent to an activating group) is 1. The van der Waals surface area contributed by atoms with Crippen molar-refractivity contribution in [3.8, 4) is 33.8 Å². The number of nitrogens with one attached hydrogen (secondary N) is 6. The number of unbranched alkanes of at least 4 members (excludes halogenated alkanes) is 2. The van der Waals surface area contributed by atoms with E-state index in [9.17, 15) is 54.0 Å². The predicted octanol–water partition coefficient (Wildman–Crippen LogP) is 3.22. The quantitative estimate of drug-likeness (QED) is 0.0213. The molecule has 21 heteroatoms. The van der Waals surface area contributed by atoms with Crippen molar-refractivity contribution in [3.05, 3.63) is 108 Å². The molecule has 2 aliphatic heterocycles. The van der Waals surface area contributed by atoms with Gasteiger partial charge in [0, 0.05) is 37.5 Å². The molecule has 6 unspecified atom stereocenters. The maximum absolute atomic E-state index is 14.4. The molecule has 4 aromatic rings. The second-order valence-corrected chi connectivity index (χ2v) is 23.2. The van der Waals surface area contributed by atoms with Crippen molar-refractivity contribution in [2.45, 2.75) is 141 Å². The van der Waals surface area contributed by atoms with Gasteiger partial charge in [-0.1, -0.05) is 101 Å². The largest absolute Gasteiger partial charge is 0.508 e. The Morgan fingerprint density at radius 3 is 1.88 bits per heavy atom. The first-order valence-electron chi connectivity index (χ1n) is 29.4. The van der Waals surface area contributed by atoms with E-state index in [0.717, 1.165) is 58.7 Å². The number of likely N-dealkylation sites (tertiary alicyclic amines) is 2. The molecule has 0 aliphatic carbocycles. The summed E-state index contributed by atoms with van der Waals surface area (Å²) >= 11 is 0. The third kappa shape index (κ3) is 18.5. The van der Waals surface area contributed by atoms with E-state index in [1.165, 1.54) is 24.0 Å². The number of rotatable bonds is 29. The number of phenols is 1. The topological polar surface area (TPSA) is 288 Å². The summed E-state index contributed by atoms with van der Waals surface area (Å²) in [4.78, 5) is 100. The standard InChI is InChI=1S/C63H87N9O12/c1-9-12-13-34-84-49-29-25-45(26-30-49)43-19-17-42(18-20-43)44-21-23-46(24-22-44)58(78)65-36-54(76)69-55(40(5)73)63(83)70-38-48(75)35-52(70)60(80)67-51(31-16-41-14-27-47(74)28-15-41)59(79)66-50(10-2)62(82)71-37-39(4)57(77)56(71)61(81)68-53(11-3)64-32-33-72(6,7)8/h14-15,17-30,39-40,48,50-53,55-57,64,73,75,77H,9-13,16,31-38H2,1-8H3,(H5-,65,66,67,68,69,74,76,78,79,80,81)/p+1/t39-,40+,48+,50?,51?,52?,53?,55?,56?,57-/m0/s1. The number of nitrogens with zero attached hydrogens (tertiary/aromatic N) is 3. The van der Waals surface area contributed by atoms with Crippen molar-refractivity contribution >= 4 is 41.4 Å². The Hall–Kier alpha value is -7.43. The summed E-state index contributed by atoms with van der Waals surface area (Å²) in [7, 11) is 6.15. The van der Waals surface area contributed by atoms with Gasteiger partial charge in [-0.15, -0.1) is 0 Å². The second kappa shape index (κ2) is 30.9. The summed E-state index contributed by atoms with van der Waals surface area (Å²) in [5.41, 5.74) is 4.84. The summed E-state index contributed by atoms with van der Waals surface area (Å²) in [6.45, 7) is 9.90. The first-order chi connectivity index (χ1) is 40.0. The molecular formula is C63H88N9O12+. The van der Waals surface area contributed by atoms with Crippen LogP contribution in [0.3, 0.4) is 0 Å². The summed E-state index contributed by atoms with van der Waals surface area (Å²) < 4.78 is 6.55. The predicted molar refractivity (Wildman–Crippen MR) is 319 cm³/mol. The van der Waals surface area contributed by atoms with Crippen molar-refractivity contribution < 1.29 is 63.2 Å². The van der Waals surface area contributed by atoms with Gasteiger partial charge in [0.15, 0.2) is 0 Å². The molecule has 0 radical (unpaired) electrons. The van der Waals surface area contributed by atoms with Crippen LogP contribution in [0.4, 0.5) is 0 Å². The van der Waals surface area contributed by atoms with Crippen LogP contribution in [0.5, 0.6) is 11.5 Å². The van der Waals surface area contributed by atoms with Crippen LogP contribution >= 0.6 is 0 Å². The highest BCUT2D eigenvalue weighted by Crippen LogP contribution is 2.29. The molecule has 456 valence electrons. The Balaban J connectivity index is 1.07. The summed E-state index contributed by atoms with van der Waals surface area (Å²) in [5.74, 6) is -4.68. The Kier molecular flexibility index (Phi) is 24.2. The number of aryl methyl sites for hydroxylation is 1. The van der Waals surface area contributed by atoms with Gasteiger partial charge in [-0.2, -0.15) is 0 Å². The monoisotopic (exact) mass is 1160 g/mol. The van der Waals surface area contributed by atoms with Crippen LogP contribution in [0.15, 0.2) is 97.1 Å². The molecule has 2 fully saturated rings. The third-order valence-electron chi connectivity index (χ3n) is 15.4. The minimum Gasteiger partial charge on any atom is -0.508 e. The number of β-amino-alcohol motifs (C(OH)–C–C–N with tert-alkyl or cyclic N) is 1. The number of aliphatic hydroxyl groups is 3. The van der Waals surface area contributed by atoms with Gasteiger partial charge in [0.2, 0.25) is 35.4 Å². The molecule has 0 spiro atoms. The van der Waals surface area contributed by atoms with Gasteiger partial charge in [-0.25, -0.2) is 0 Å². The fraction of sp³-hybridized carbons (Fsp3) is 0.508. The van der Waals surface area contributed by atoms with Gasteiger partial charge in [-0.3, -0.25) is 38.9 Å². The van der Waals surface area contributed by atoms with Crippen molar-refractivity contribution in [1.29, 1.82) is 0 Å². The molecule has 2 aliphatic rings. The smallest absolute Gasteiger partial charge is 0.251 e. The van der Waals surface area contributed by atoms with E-state index >= 15 is 0 Å². The number of carbonyl (C=O) groups excluding carboxylic acids is 7. The van der Waals surface area contributed by atoms with Gasteiger partial charge in [0.05, 0.1) is 65.3 Å². The number of hydrogen-bond donors (Lipinski definition) is 10. The van der Waals surface area contributed by atoms with Crippen LogP contribution in [0.2, 0.25) is 0 Å². The van der Waals surface area contributed by atoms with Crippen molar-refractivity contribution in [2.24, 2.45) is 5.92 Å². The highest BCUT2D eigenvalue weighted by molar-refractivity contribution is 5.99. The maximum atomic E-state index is 14.4. The van der Waals surface area contributed by atoms with Crippen molar-refractivity contribution in [3.63, 3.8) is 0 Å². The molecule has 2 heterocycles. The summed E-state index contributed by atoms with van der Waals surface area (Å²) in [5, 5.41) is 59.7. The van der Waals surface area contributed by atoms with Crippen LogP contribution < -0.4 is 36.6 Å². The van der Waals surface area contributed by atoms with E-state index in [-0.39, 0.29) is 50.1 Å². The molecule has 10 N–H and O–H groups in total. The number of quaternary nitrogens is 1. The van der Waals surface area contributed by atoms with Crippen LogP contribution in [0.1, 0.15) is 95.5 Å². The summed E-state index contributed by atoms with van der Waals surface area (Å²) in [6, 6.07) is 22.3. The Morgan fingerprint density at radius 2 is 1.31 bits per heavy atom. The van der Waals surface area contributed by atoms with Crippen molar-refractivity contribution in [2.75, 3.05) is 60.5 Å². The van der Waals surface area contributed by atoms with Gasteiger partial charge < -0.3 is 66.0 Å². The van der Waals surface area contributed by atoms with Crippen LogP contribution in [-0.4, -0.2) is 191 Å². The van der Waals surface area contributed by atoms with E-state index in [1.807, 2.05) is 55.5 Å². The maximum Gasteiger partial charge on any atom is 0.251 e. The molecule has 6 rings (SSSR count). The lowest BCUT2D eigenvalue weighted by atomic mass is 9.99. The molecule has 0 bridgehead atoms. The van der Waals surface area contributed by atoms with Gasteiger partial charge >= 0.3 is 0 Å². The van der Waals surface area contributed by atoms with E-state index in [4.69, 9.17) is 4.74 Å². The average molecular weight is 1160 g/mol. The molecule has 2 saturated heterocycles. The molecule has 4 aromatic carbocycles. The van der Waals surface area contributed by atoms with Crippen LogP contribution in [0, 0.1) is 5.92 Å². The Morgan fingerprint density at radius 1 is 0.702 bits per heavy atom. The van der Waals surface area contributed by atoms with Gasteiger partial charge in [0.25, 0.3) is 5.91 Å². The third-order valence-corrected chi connectivity index (χ3v) is 15.4. The number of amides is 7. The highest BCUT2D eigenvalue weighted by Gasteiger charge is 2.48. The SMILES string of the molecule is CCCCCOc1ccc(-c2ccc(-c3ccc(C(=O)NCC(=O)NC(C(=O)N4C[C@H](O)CC4C(=O)NC(CCc4ccc(O)cc4)C(=O)NC(CC)C(=O)N4C[C@H](C)[C@H](O)C4C(=O)NC(CC)NCC[N+](C)(C)C)[C@@H](C)O)cc3)cc2)cc1. The molecule has 10 atom stereocenters. The Bertz CT molecular complexity index is 2830. The first kappa shape index (κ1) is 65.7. The highest BCUT2D eigenvalue weighted by atomic mass is 16.5. The molecule has 21 nitrogen and oxygen atoms in total. The zero-order chi connectivity index (χ0) is 61.3. The van der Waals surface area contributed by atoms with E-state index in [0.29, 0.717) is 29.6 Å². The number of benzene rings is 4. The zero-order valence-corrected chi connectivity index (χ0v) is 49.8.